The molecule has 0 amide bonds. The molecule has 0 aliphatic rings. The highest BCUT2D eigenvalue weighted by Gasteiger charge is 2.06. The molecular formula is C8H6ClFS. The van der Waals surface area contributed by atoms with Gasteiger partial charge in [-0.25, -0.2) is 4.39 Å². The summed E-state index contributed by atoms with van der Waals surface area (Å²) in [5.74, 6) is -0.429. The van der Waals surface area contributed by atoms with Crippen LogP contribution in [0.5, 0.6) is 0 Å². The summed E-state index contributed by atoms with van der Waals surface area (Å²) < 4.78 is 13.0. The Morgan fingerprint density at radius 1 is 1.55 bits per heavy atom. The summed E-state index contributed by atoms with van der Waals surface area (Å²) in [4.78, 5) is 0.519. The van der Waals surface area contributed by atoms with E-state index in [-0.39, 0.29) is 5.02 Å². The highest BCUT2D eigenvalue weighted by atomic mass is 35.5. The summed E-state index contributed by atoms with van der Waals surface area (Å²) in [7, 11) is 0. The maximum Gasteiger partial charge on any atom is 0.150 e. The Morgan fingerprint density at radius 3 is 2.64 bits per heavy atom. The van der Waals surface area contributed by atoms with Crippen molar-refractivity contribution in [3.63, 3.8) is 0 Å². The van der Waals surface area contributed by atoms with E-state index in [9.17, 15) is 4.39 Å². The lowest BCUT2D eigenvalue weighted by molar-refractivity contribution is 0.626. The van der Waals surface area contributed by atoms with Gasteiger partial charge in [-0.15, -0.1) is 0 Å². The lowest BCUT2D eigenvalue weighted by atomic mass is 10.1. The second-order valence-electron chi connectivity index (χ2n) is 2.16. The normalized spacial score (nSPS) is 9.73. The van der Waals surface area contributed by atoms with Crippen LogP contribution in [0.4, 0.5) is 4.39 Å². The van der Waals surface area contributed by atoms with E-state index >= 15 is 0 Å². The molecule has 11 heavy (non-hydrogen) atoms. The van der Waals surface area contributed by atoms with Crippen molar-refractivity contribution in [2.24, 2.45) is 0 Å². The Labute approximate surface area is 75.0 Å². The zero-order chi connectivity index (χ0) is 8.43. The van der Waals surface area contributed by atoms with Crippen molar-refractivity contribution in [2.75, 3.05) is 0 Å². The van der Waals surface area contributed by atoms with Crippen molar-refractivity contribution in [3.05, 3.63) is 34.6 Å². The zero-order valence-electron chi connectivity index (χ0n) is 5.90. The van der Waals surface area contributed by atoms with E-state index in [1.807, 2.05) is 0 Å². The summed E-state index contributed by atoms with van der Waals surface area (Å²) in [6, 6.07) is 4.79. The molecule has 0 atom stereocenters. The van der Waals surface area contributed by atoms with Crippen molar-refractivity contribution < 1.29 is 4.39 Å². The average molecular weight is 189 g/mol. The molecule has 0 fully saturated rings. The van der Waals surface area contributed by atoms with Crippen molar-refractivity contribution in [2.45, 2.75) is 6.92 Å². The maximum atomic E-state index is 13.0. The molecular weight excluding hydrogens is 183 g/mol. The monoisotopic (exact) mass is 188 g/mol. The van der Waals surface area contributed by atoms with Crippen LogP contribution in [-0.4, -0.2) is 4.86 Å². The fraction of sp³-hybridized carbons (Fsp3) is 0.125. The van der Waals surface area contributed by atoms with E-state index < -0.39 is 5.82 Å². The van der Waals surface area contributed by atoms with E-state index in [1.54, 1.807) is 19.1 Å². The molecule has 0 radical (unpaired) electrons. The molecule has 0 aliphatic heterocycles. The Hall–Kier alpha value is -0.470. The van der Waals surface area contributed by atoms with Crippen LogP contribution in [0.3, 0.4) is 0 Å². The molecule has 0 heterocycles. The van der Waals surface area contributed by atoms with Crippen LogP contribution < -0.4 is 0 Å². The van der Waals surface area contributed by atoms with Crippen LogP contribution >= 0.6 is 23.8 Å². The van der Waals surface area contributed by atoms with Crippen molar-refractivity contribution >= 4 is 28.7 Å². The Bertz CT molecular complexity index is 296. The SMILES string of the molecule is CC(=S)c1cccc(Cl)c1F. The van der Waals surface area contributed by atoms with Crippen LogP contribution in [0.15, 0.2) is 18.2 Å². The van der Waals surface area contributed by atoms with Gasteiger partial charge < -0.3 is 0 Å². The van der Waals surface area contributed by atoms with Crippen molar-refractivity contribution in [3.8, 4) is 0 Å². The Morgan fingerprint density at radius 2 is 2.18 bits per heavy atom. The van der Waals surface area contributed by atoms with Gasteiger partial charge in [0.05, 0.1) is 5.02 Å². The molecule has 0 aliphatic carbocycles. The molecule has 3 heteroatoms. The average Bonchev–Trinajstić information content (AvgIpc) is 1.94. The van der Waals surface area contributed by atoms with Crippen molar-refractivity contribution in [1.82, 2.24) is 0 Å². The molecule has 0 saturated heterocycles. The molecule has 0 nitrogen and oxygen atoms in total. The number of halogens is 2. The topological polar surface area (TPSA) is 0 Å². The van der Waals surface area contributed by atoms with E-state index in [4.69, 9.17) is 23.8 Å². The number of hydrogen-bond donors (Lipinski definition) is 0. The maximum absolute atomic E-state index is 13.0. The first-order valence-corrected chi connectivity index (χ1v) is 3.86. The lowest BCUT2D eigenvalue weighted by Crippen LogP contribution is -1.95. The predicted octanol–water partition coefficient (Wildman–Crippen LogP) is 3.22. The fourth-order valence-electron chi connectivity index (χ4n) is 0.776. The largest absolute Gasteiger partial charge is 0.205 e. The molecule has 0 unspecified atom stereocenters. The molecule has 0 saturated carbocycles. The summed E-state index contributed by atoms with van der Waals surface area (Å²) in [6.07, 6.45) is 0. The van der Waals surface area contributed by atoms with Crippen molar-refractivity contribution in [1.29, 1.82) is 0 Å². The predicted molar refractivity (Wildman–Crippen MR) is 48.8 cm³/mol. The van der Waals surface area contributed by atoms with Crippen LogP contribution in [-0.2, 0) is 0 Å². The van der Waals surface area contributed by atoms with E-state index in [2.05, 4.69) is 0 Å². The van der Waals surface area contributed by atoms with Crippen LogP contribution in [0.1, 0.15) is 12.5 Å². The van der Waals surface area contributed by atoms with Gasteiger partial charge in [-0.2, -0.15) is 0 Å². The van der Waals surface area contributed by atoms with Crippen LogP contribution in [0.25, 0.3) is 0 Å². The molecule has 1 aromatic rings. The van der Waals surface area contributed by atoms with Gasteiger partial charge in [0.25, 0.3) is 0 Å². The second-order valence-corrected chi connectivity index (χ2v) is 3.18. The number of benzene rings is 1. The highest BCUT2D eigenvalue weighted by molar-refractivity contribution is 7.80. The minimum absolute atomic E-state index is 0.117. The van der Waals surface area contributed by atoms with Gasteiger partial charge in [0.15, 0.2) is 0 Å². The van der Waals surface area contributed by atoms with Gasteiger partial charge in [0.2, 0.25) is 0 Å². The third-order valence-electron chi connectivity index (χ3n) is 1.33. The van der Waals surface area contributed by atoms with E-state index in [0.29, 0.717) is 10.4 Å². The second kappa shape index (κ2) is 3.28. The van der Waals surface area contributed by atoms with E-state index in [0.717, 1.165) is 0 Å². The first-order valence-electron chi connectivity index (χ1n) is 3.08. The summed E-state index contributed by atoms with van der Waals surface area (Å²) in [5, 5.41) is 0.117. The summed E-state index contributed by atoms with van der Waals surface area (Å²) in [5.41, 5.74) is 0.410. The molecule has 0 N–H and O–H groups in total. The lowest BCUT2D eigenvalue weighted by Gasteiger charge is -2.00. The molecule has 0 bridgehead atoms. The molecule has 0 spiro atoms. The first-order chi connectivity index (χ1) is 5.13. The van der Waals surface area contributed by atoms with Gasteiger partial charge in [-0.3, -0.25) is 0 Å². The van der Waals surface area contributed by atoms with Gasteiger partial charge >= 0.3 is 0 Å². The molecule has 1 aromatic carbocycles. The fourth-order valence-corrected chi connectivity index (χ4v) is 1.11. The molecule has 58 valence electrons. The summed E-state index contributed by atoms with van der Waals surface area (Å²) in [6.45, 7) is 1.67. The van der Waals surface area contributed by atoms with Crippen LogP contribution in [0, 0.1) is 5.82 Å². The number of hydrogen-bond acceptors (Lipinski definition) is 1. The van der Waals surface area contributed by atoms with Gasteiger partial charge in [-0.05, 0) is 13.0 Å². The Kier molecular flexibility index (Phi) is 2.58. The quantitative estimate of drug-likeness (QED) is 0.482. The van der Waals surface area contributed by atoms with Gasteiger partial charge in [0, 0.05) is 10.4 Å². The smallest absolute Gasteiger partial charge is 0.150 e. The standard InChI is InChI=1S/C8H6ClFS/c1-5(11)6-3-2-4-7(9)8(6)10/h2-4H,1H3. The minimum Gasteiger partial charge on any atom is -0.205 e. The number of thiocarbonyl (C=S) groups is 1. The molecule has 0 aromatic heterocycles. The Balaban J connectivity index is 3.27. The third-order valence-corrected chi connectivity index (χ3v) is 1.84. The molecule has 1 rings (SSSR count). The van der Waals surface area contributed by atoms with Gasteiger partial charge in [0.1, 0.15) is 5.82 Å². The van der Waals surface area contributed by atoms with Crippen LogP contribution in [0.2, 0.25) is 5.02 Å². The number of rotatable bonds is 1. The minimum atomic E-state index is -0.429. The van der Waals surface area contributed by atoms with Gasteiger partial charge in [-0.1, -0.05) is 36.0 Å². The third kappa shape index (κ3) is 1.76. The highest BCUT2D eigenvalue weighted by Crippen LogP contribution is 2.18. The zero-order valence-corrected chi connectivity index (χ0v) is 7.47. The summed E-state index contributed by atoms with van der Waals surface area (Å²) >= 11 is 10.3. The first kappa shape index (κ1) is 8.62. The van der Waals surface area contributed by atoms with E-state index in [1.165, 1.54) is 6.07 Å².